The number of carbonyl (C=O) groups is 2. The summed E-state index contributed by atoms with van der Waals surface area (Å²) in [6, 6.07) is 14.7. The van der Waals surface area contributed by atoms with Crippen molar-refractivity contribution < 1.29 is 19.1 Å². The van der Waals surface area contributed by atoms with Crippen molar-refractivity contribution in [3.63, 3.8) is 0 Å². The summed E-state index contributed by atoms with van der Waals surface area (Å²) in [6.07, 6.45) is 1.37. The van der Waals surface area contributed by atoms with Crippen molar-refractivity contribution in [1.82, 2.24) is 14.8 Å². The van der Waals surface area contributed by atoms with E-state index in [0.29, 0.717) is 22.6 Å². The molecule has 0 radical (unpaired) electrons. The van der Waals surface area contributed by atoms with E-state index in [1.165, 1.54) is 10.9 Å². The number of carbonyl (C=O) groups excluding carboxylic acids is 2. The zero-order valence-corrected chi connectivity index (χ0v) is 20.3. The number of rotatable bonds is 7. The molecule has 0 fully saturated rings. The summed E-state index contributed by atoms with van der Waals surface area (Å²) in [6.45, 7) is 3.86. The molecule has 35 heavy (non-hydrogen) atoms. The van der Waals surface area contributed by atoms with Crippen molar-refractivity contribution in [2.45, 2.75) is 13.8 Å². The third-order valence-electron chi connectivity index (χ3n) is 5.58. The molecule has 0 aliphatic carbocycles. The number of nitrogens with zero attached hydrogens (tertiary/aromatic N) is 4. The zero-order chi connectivity index (χ0) is 25.1. The second-order valence-electron chi connectivity index (χ2n) is 8.09. The molecule has 0 unspecified atom stereocenters. The normalized spacial score (nSPS) is 10.8. The molecule has 0 bridgehead atoms. The Balaban J connectivity index is 1.80. The lowest BCUT2D eigenvalue weighted by Crippen LogP contribution is -2.19. The van der Waals surface area contributed by atoms with Crippen molar-refractivity contribution in [1.29, 1.82) is 0 Å². The first-order valence-corrected chi connectivity index (χ1v) is 11.1. The molecular weight excluding hydrogens is 446 g/mol. The van der Waals surface area contributed by atoms with Crippen LogP contribution < -0.4 is 15.0 Å². The Morgan fingerprint density at radius 3 is 2.51 bits per heavy atom. The van der Waals surface area contributed by atoms with Crippen molar-refractivity contribution >= 4 is 34.3 Å². The second-order valence-corrected chi connectivity index (χ2v) is 8.09. The smallest absolute Gasteiger partial charge is 0.343 e. The number of ether oxygens (including phenoxy) is 2. The van der Waals surface area contributed by atoms with Gasteiger partial charge in [0, 0.05) is 30.7 Å². The van der Waals surface area contributed by atoms with E-state index in [4.69, 9.17) is 14.5 Å². The summed E-state index contributed by atoms with van der Waals surface area (Å²) in [4.78, 5) is 32.5. The highest BCUT2D eigenvalue weighted by Gasteiger charge is 2.23. The fourth-order valence-electron chi connectivity index (χ4n) is 3.74. The predicted octanol–water partition coefficient (Wildman–Crippen LogP) is 4.23. The first-order chi connectivity index (χ1) is 16.8. The van der Waals surface area contributed by atoms with Gasteiger partial charge in [0.05, 0.1) is 19.9 Å². The van der Waals surface area contributed by atoms with Gasteiger partial charge in [-0.2, -0.15) is 9.78 Å². The number of anilines is 2. The van der Waals surface area contributed by atoms with Crippen molar-refractivity contribution in [3.8, 4) is 11.6 Å². The van der Waals surface area contributed by atoms with Crippen LogP contribution in [0, 0.1) is 6.92 Å². The van der Waals surface area contributed by atoms with E-state index in [2.05, 4.69) is 10.4 Å². The van der Waals surface area contributed by atoms with E-state index in [1.54, 1.807) is 26.2 Å². The van der Waals surface area contributed by atoms with Crippen molar-refractivity contribution in [2.24, 2.45) is 0 Å². The quantitative estimate of drug-likeness (QED) is 0.401. The summed E-state index contributed by atoms with van der Waals surface area (Å²) in [7, 11) is 5.43. The van der Waals surface area contributed by atoms with Crippen LogP contribution in [0.1, 0.15) is 33.2 Å². The summed E-state index contributed by atoms with van der Waals surface area (Å²) in [5.41, 5.74) is 3.11. The lowest BCUT2D eigenvalue weighted by Gasteiger charge is -2.14. The molecule has 9 heteroatoms. The summed E-state index contributed by atoms with van der Waals surface area (Å²) in [5.74, 6) is 0.223. The molecule has 9 nitrogen and oxygen atoms in total. The second kappa shape index (κ2) is 9.84. The van der Waals surface area contributed by atoms with Gasteiger partial charge in [-0.15, -0.1) is 0 Å². The maximum atomic E-state index is 13.1. The number of amides is 1. The topological polar surface area (TPSA) is 98.6 Å². The van der Waals surface area contributed by atoms with Crippen LogP contribution in [0.4, 0.5) is 11.5 Å². The molecule has 0 aliphatic rings. The minimum absolute atomic E-state index is 0.129. The van der Waals surface area contributed by atoms with Crippen molar-refractivity contribution in [3.05, 3.63) is 71.4 Å². The minimum atomic E-state index is -0.591. The zero-order valence-electron chi connectivity index (χ0n) is 20.3. The third-order valence-corrected chi connectivity index (χ3v) is 5.58. The molecule has 2 heterocycles. The Hall–Kier alpha value is -4.40. The van der Waals surface area contributed by atoms with Crippen LogP contribution in [0.25, 0.3) is 16.7 Å². The molecular formula is C26H27N5O4. The van der Waals surface area contributed by atoms with E-state index >= 15 is 0 Å². The Labute approximate surface area is 203 Å². The number of methoxy groups -OCH3 is 1. The summed E-state index contributed by atoms with van der Waals surface area (Å²) >= 11 is 0. The molecule has 0 saturated carbocycles. The lowest BCUT2D eigenvalue weighted by molar-refractivity contribution is 0.0527. The SMILES string of the molecule is CCOC(=O)c1cnn(-c2cc(C)c3cccc(OC)c3n2)c1NC(=O)c1ccc(N(C)C)cc1. The molecule has 0 atom stereocenters. The van der Waals surface area contributed by atoms with Gasteiger partial charge in [-0.05, 0) is 55.8 Å². The molecule has 4 aromatic rings. The molecule has 2 aromatic heterocycles. The van der Waals surface area contributed by atoms with E-state index in [9.17, 15) is 9.59 Å². The van der Waals surface area contributed by atoms with Crippen molar-refractivity contribution in [2.75, 3.05) is 38.0 Å². The number of para-hydroxylation sites is 1. The first-order valence-electron chi connectivity index (χ1n) is 11.1. The van der Waals surface area contributed by atoms with Gasteiger partial charge < -0.3 is 19.7 Å². The minimum Gasteiger partial charge on any atom is -0.494 e. The van der Waals surface area contributed by atoms with Gasteiger partial charge in [0.2, 0.25) is 0 Å². The molecule has 1 amide bonds. The number of esters is 1. The van der Waals surface area contributed by atoms with Crippen LogP contribution in [0.3, 0.4) is 0 Å². The fourth-order valence-corrected chi connectivity index (χ4v) is 3.74. The number of fused-ring (bicyclic) bond motifs is 1. The number of aromatic nitrogens is 3. The molecule has 0 aliphatic heterocycles. The Morgan fingerprint density at radius 1 is 1.11 bits per heavy atom. The number of hydrogen-bond donors (Lipinski definition) is 1. The summed E-state index contributed by atoms with van der Waals surface area (Å²) < 4.78 is 12.1. The lowest BCUT2D eigenvalue weighted by atomic mass is 10.1. The van der Waals surface area contributed by atoms with Gasteiger partial charge in [0.1, 0.15) is 16.8 Å². The van der Waals surface area contributed by atoms with Gasteiger partial charge in [-0.3, -0.25) is 4.79 Å². The molecule has 0 saturated heterocycles. The Morgan fingerprint density at radius 2 is 1.86 bits per heavy atom. The number of aryl methyl sites for hydroxylation is 1. The highest BCUT2D eigenvalue weighted by molar-refractivity contribution is 6.07. The maximum absolute atomic E-state index is 13.1. The number of pyridine rings is 1. The number of benzene rings is 2. The highest BCUT2D eigenvalue weighted by atomic mass is 16.5. The van der Waals surface area contributed by atoms with Crippen LogP contribution in [-0.2, 0) is 4.74 Å². The summed E-state index contributed by atoms with van der Waals surface area (Å²) in [5, 5.41) is 8.13. The van der Waals surface area contributed by atoms with Crippen LogP contribution in [0.15, 0.2) is 54.7 Å². The van der Waals surface area contributed by atoms with Gasteiger partial charge in [0.25, 0.3) is 5.91 Å². The van der Waals surface area contributed by atoms with E-state index in [1.807, 2.05) is 62.3 Å². The van der Waals surface area contributed by atoms with E-state index < -0.39 is 11.9 Å². The number of hydrogen-bond acceptors (Lipinski definition) is 7. The highest BCUT2D eigenvalue weighted by Crippen LogP contribution is 2.29. The third kappa shape index (κ3) is 4.65. The van der Waals surface area contributed by atoms with Gasteiger partial charge in [0.15, 0.2) is 11.6 Å². The average molecular weight is 474 g/mol. The number of nitrogens with one attached hydrogen (secondary N) is 1. The largest absolute Gasteiger partial charge is 0.494 e. The van der Waals surface area contributed by atoms with Crippen LogP contribution in [-0.4, -0.2) is 54.5 Å². The Bertz CT molecular complexity index is 1390. The molecule has 1 N–H and O–H groups in total. The first kappa shape index (κ1) is 23.7. The van der Waals surface area contributed by atoms with Crippen LogP contribution in [0.2, 0.25) is 0 Å². The van der Waals surface area contributed by atoms with Crippen LogP contribution in [0.5, 0.6) is 5.75 Å². The fraction of sp³-hybridized carbons (Fsp3) is 0.231. The molecule has 4 rings (SSSR count). The van der Waals surface area contributed by atoms with Gasteiger partial charge in [-0.25, -0.2) is 9.78 Å². The van der Waals surface area contributed by atoms with Crippen LogP contribution >= 0.6 is 0 Å². The average Bonchev–Trinajstić information content (AvgIpc) is 3.27. The standard InChI is InChI=1S/C26H27N5O4/c1-6-35-26(33)20-15-27-31(22-14-16(2)19-8-7-9-21(34-5)23(19)28-22)24(20)29-25(32)17-10-12-18(13-11-17)30(3)4/h7-15H,6H2,1-5H3,(H,29,32). The van der Waals surface area contributed by atoms with E-state index in [-0.39, 0.29) is 18.0 Å². The molecule has 2 aromatic carbocycles. The van der Waals surface area contributed by atoms with Gasteiger partial charge >= 0.3 is 5.97 Å². The molecule has 0 spiro atoms. The maximum Gasteiger partial charge on any atom is 0.343 e. The van der Waals surface area contributed by atoms with E-state index in [0.717, 1.165) is 16.6 Å². The molecule has 180 valence electrons. The Kier molecular flexibility index (Phi) is 6.68. The predicted molar refractivity (Wildman–Crippen MR) is 135 cm³/mol. The monoisotopic (exact) mass is 473 g/mol. The van der Waals surface area contributed by atoms with Gasteiger partial charge in [-0.1, -0.05) is 12.1 Å².